The van der Waals surface area contributed by atoms with Gasteiger partial charge >= 0.3 is 17.9 Å². The van der Waals surface area contributed by atoms with Crippen LogP contribution in [0.4, 0.5) is 9.59 Å². The third-order valence-electron chi connectivity index (χ3n) is 8.60. The van der Waals surface area contributed by atoms with Crippen molar-refractivity contribution < 1.29 is 37.7 Å². The predicted octanol–water partition coefficient (Wildman–Crippen LogP) is 3.48. The second-order valence-electron chi connectivity index (χ2n) is 13.2. The highest BCUT2D eigenvalue weighted by Crippen LogP contribution is 2.57. The lowest BCUT2D eigenvalue weighted by Crippen LogP contribution is -2.58. The molecule has 0 aliphatic carbocycles. The van der Waals surface area contributed by atoms with Crippen LogP contribution in [0.5, 0.6) is 0 Å². The number of nitriles is 1. The summed E-state index contributed by atoms with van der Waals surface area (Å²) in [6.45, 7) is 26.6. The Morgan fingerprint density at radius 2 is 1.78 bits per heavy atom. The molecular formula is C34H50N9O10P. The molecule has 296 valence electrons. The molecule has 0 radical (unpaired) electrons. The SMILES string of the molecule is [C-]#[N+]CCOC(=O)NC(=NCCCN1C[C@]2(CC)O[C@@H](n3cc(C)c(=O)[nH]c3=O)[C@@H](O1)C2OP(OCC[N+]#[C-])C(C(C)C)C(C)C)NC(=O)OCCC#N. The Morgan fingerprint density at radius 3 is 2.39 bits per heavy atom. The summed E-state index contributed by atoms with van der Waals surface area (Å²) in [6.07, 6.45) is -2.17. The quantitative estimate of drug-likeness (QED) is 0.0643. The molecule has 0 saturated carbocycles. The predicted molar refractivity (Wildman–Crippen MR) is 196 cm³/mol. The van der Waals surface area contributed by atoms with Gasteiger partial charge in [0.1, 0.15) is 24.9 Å². The van der Waals surface area contributed by atoms with Crippen LogP contribution in [0.15, 0.2) is 20.8 Å². The van der Waals surface area contributed by atoms with E-state index in [1.165, 1.54) is 10.8 Å². The maximum atomic E-state index is 13.2. The molecule has 3 heterocycles. The monoisotopic (exact) mass is 775 g/mol. The minimum Gasteiger partial charge on any atom is -0.448 e. The van der Waals surface area contributed by atoms with Crippen LogP contribution < -0.4 is 21.9 Å². The van der Waals surface area contributed by atoms with Crippen molar-refractivity contribution in [2.75, 3.05) is 52.5 Å². The van der Waals surface area contributed by atoms with Crippen molar-refractivity contribution in [1.82, 2.24) is 25.2 Å². The zero-order valence-corrected chi connectivity index (χ0v) is 32.4. The molecule has 2 fully saturated rings. The van der Waals surface area contributed by atoms with Crippen molar-refractivity contribution >= 4 is 26.5 Å². The second kappa shape index (κ2) is 21.5. The van der Waals surface area contributed by atoms with Crippen molar-refractivity contribution in [3.05, 3.63) is 55.4 Å². The van der Waals surface area contributed by atoms with Crippen LogP contribution >= 0.6 is 8.38 Å². The van der Waals surface area contributed by atoms with E-state index >= 15 is 0 Å². The fourth-order valence-corrected chi connectivity index (χ4v) is 8.30. The van der Waals surface area contributed by atoms with Gasteiger partial charge < -0.3 is 32.9 Å². The molecule has 0 aromatic carbocycles. The first-order valence-corrected chi connectivity index (χ1v) is 19.0. The van der Waals surface area contributed by atoms with Gasteiger partial charge in [0.05, 0.1) is 19.0 Å². The molecule has 2 aliphatic rings. The number of carbonyl (C=O) groups is 2. The van der Waals surface area contributed by atoms with Crippen LogP contribution in [0.1, 0.15) is 65.7 Å². The van der Waals surface area contributed by atoms with E-state index in [1.54, 1.807) is 12.0 Å². The molecule has 3 rings (SSSR count). The topological polar surface area (TPSA) is 217 Å². The summed E-state index contributed by atoms with van der Waals surface area (Å²) in [7, 11) is -1.56. The molecule has 2 bridgehead atoms. The molecule has 3 N–H and O–H groups in total. The molecular weight excluding hydrogens is 725 g/mol. The molecule has 1 aromatic rings. The maximum absolute atomic E-state index is 13.2. The molecule has 0 spiro atoms. The summed E-state index contributed by atoms with van der Waals surface area (Å²) in [5, 5.41) is 15.1. The van der Waals surface area contributed by atoms with Gasteiger partial charge in [0, 0.05) is 30.5 Å². The van der Waals surface area contributed by atoms with Crippen molar-refractivity contribution in [3.8, 4) is 6.07 Å². The van der Waals surface area contributed by atoms with Gasteiger partial charge in [-0.25, -0.2) is 27.5 Å². The largest absolute Gasteiger partial charge is 0.448 e. The number of ether oxygens (including phenoxy) is 3. The Kier molecular flexibility index (Phi) is 17.5. The molecule has 2 amide bonds. The number of aryl methyl sites for hydroxylation is 1. The second-order valence-corrected chi connectivity index (χ2v) is 14.9. The lowest BCUT2D eigenvalue weighted by atomic mass is 9.91. The lowest BCUT2D eigenvalue weighted by molar-refractivity contribution is -0.260. The Morgan fingerprint density at radius 1 is 1.13 bits per heavy atom. The van der Waals surface area contributed by atoms with Crippen LogP contribution in [0, 0.1) is 43.2 Å². The van der Waals surface area contributed by atoms with Gasteiger partial charge in [0.2, 0.25) is 19.0 Å². The number of hydroxylamine groups is 2. The van der Waals surface area contributed by atoms with Gasteiger partial charge in [-0.05, 0) is 31.6 Å². The van der Waals surface area contributed by atoms with E-state index in [2.05, 4.69) is 58.0 Å². The van der Waals surface area contributed by atoms with E-state index in [0.29, 0.717) is 24.9 Å². The number of carbonyl (C=O) groups excluding carboxylic acids is 2. The molecule has 2 aliphatic heterocycles. The van der Waals surface area contributed by atoms with Crippen LogP contribution in [0.3, 0.4) is 0 Å². The van der Waals surface area contributed by atoms with Gasteiger partial charge in [-0.1, -0.05) is 34.6 Å². The molecule has 20 heteroatoms. The zero-order chi connectivity index (χ0) is 39.8. The number of rotatable bonds is 18. The standard InChI is InChI=1S/C34H50N9O10P/c1-9-34-21-42(16-11-13-38-30(40-32(46)48-17-10-12-35)41-33(47)49-18-14-36-7)52-25(29(51-34)43-20-24(6)28(44)39-31(43)45)27(34)53-54(50-19-15-37-8)26(22(2)3)23(4)5/h20,22-23,25-27,29H,9-11,13-19,21H2,1-6H3,(H,39,44,45)(H2,38,40,41,46,47)/t25-,27?,29+,34-,54?/m0/s1. The Labute approximate surface area is 315 Å². The van der Waals surface area contributed by atoms with E-state index in [-0.39, 0.29) is 75.9 Å². The Hall–Kier alpha value is -4.41. The normalized spacial score (nSPS) is 21.7. The average Bonchev–Trinajstić information content (AvgIpc) is 3.28. The van der Waals surface area contributed by atoms with Crippen molar-refractivity contribution in [2.45, 2.75) is 90.5 Å². The molecule has 19 nitrogen and oxygen atoms in total. The third kappa shape index (κ3) is 12.0. The number of aromatic amines is 1. The maximum Gasteiger partial charge on any atom is 0.414 e. The highest BCUT2D eigenvalue weighted by atomic mass is 31.2. The number of hydrogen-bond acceptors (Lipinski definition) is 13. The minimum absolute atomic E-state index is 0.0106. The number of guanidine groups is 1. The van der Waals surface area contributed by atoms with Crippen LogP contribution in [0.25, 0.3) is 9.69 Å². The Bertz CT molecular complexity index is 1650. The highest BCUT2D eigenvalue weighted by molar-refractivity contribution is 7.48. The first kappa shape index (κ1) is 44.0. The van der Waals surface area contributed by atoms with Gasteiger partial charge in [-0.3, -0.25) is 34.8 Å². The van der Waals surface area contributed by atoms with Crippen LogP contribution in [-0.4, -0.2) is 109 Å². The fraction of sp³-hybridized carbons (Fsp3) is 0.706. The average molecular weight is 776 g/mol. The van der Waals surface area contributed by atoms with Gasteiger partial charge in [0.25, 0.3) is 5.56 Å². The molecule has 54 heavy (non-hydrogen) atoms. The first-order chi connectivity index (χ1) is 25.8. The van der Waals surface area contributed by atoms with Crippen molar-refractivity contribution in [3.63, 3.8) is 0 Å². The van der Waals surface area contributed by atoms with E-state index in [1.807, 2.05) is 13.0 Å². The van der Waals surface area contributed by atoms with Gasteiger partial charge in [-0.2, -0.15) is 10.3 Å². The number of aliphatic imine (C=N–C) groups is 1. The number of hydrogen-bond donors (Lipinski definition) is 3. The Balaban J connectivity index is 1.88. The van der Waals surface area contributed by atoms with Crippen molar-refractivity contribution in [1.29, 1.82) is 5.26 Å². The number of amides is 2. The highest BCUT2D eigenvalue weighted by Gasteiger charge is 2.62. The first-order valence-electron chi connectivity index (χ1n) is 17.8. The summed E-state index contributed by atoms with van der Waals surface area (Å²) in [6, 6.07) is 1.85. The van der Waals surface area contributed by atoms with E-state index in [9.17, 15) is 19.2 Å². The summed E-state index contributed by atoms with van der Waals surface area (Å²) >= 11 is 0. The molecule has 2 saturated heterocycles. The van der Waals surface area contributed by atoms with Gasteiger partial charge in [-0.15, -0.1) is 0 Å². The number of fused-ring (bicyclic) bond motifs is 2. The van der Waals surface area contributed by atoms with Gasteiger partial charge in [0.15, 0.2) is 27.3 Å². The lowest BCUT2D eigenvalue weighted by Gasteiger charge is -2.45. The number of aromatic nitrogens is 2. The number of alkyl carbamates (subject to hydrolysis) is 2. The van der Waals surface area contributed by atoms with Crippen LogP contribution in [0.2, 0.25) is 0 Å². The fourth-order valence-electron chi connectivity index (χ4n) is 6.16. The van der Waals surface area contributed by atoms with E-state index < -0.39 is 55.8 Å². The smallest absolute Gasteiger partial charge is 0.414 e. The summed E-state index contributed by atoms with van der Waals surface area (Å²) in [5.41, 5.74) is -1.84. The number of nitrogens with one attached hydrogen (secondary N) is 3. The number of H-pyrrole nitrogens is 1. The van der Waals surface area contributed by atoms with Crippen molar-refractivity contribution in [2.24, 2.45) is 16.8 Å². The summed E-state index contributed by atoms with van der Waals surface area (Å²) in [4.78, 5) is 69.6. The van der Waals surface area contributed by atoms with E-state index in [4.69, 9.17) is 46.5 Å². The molecule has 1 aromatic heterocycles. The number of nitrogens with zero attached hydrogens (tertiary/aromatic N) is 6. The third-order valence-corrected chi connectivity index (χ3v) is 11.1. The van der Waals surface area contributed by atoms with E-state index in [0.717, 1.165) is 0 Å². The summed E-state index contributed by atoms with van der Waals surface area (Å²) in [5.74, 6) is 0.127. The molecule has 2 unspecified atom stereocenters. The zero-order valence-electron chi connectivity index (χ0n) is 31.5. The molecule has 5 atom stereocenters. The van der Waals surface area contributed by atoms with Crippen LogP contribution in [-0.2, 0) is 28.1 Å². The minimum atomic E-state index is -1.56. The summed E-state index contributed by atoms with van der Waals surface area (Å²) < 4.78 is 31.1.